The highest BCUT2D eigenvalue weighted by atomic mass is 79.9. The van der Waals surface area contributed by atoms with Gasteiger partial charge in [-0.2, -0.15) is 5.10 Å². The number of hydrogen-bond acceptors (Lipinski definition) is 5. The van der Waals surface area contributed by atoms with Crippen molar-refractivity contribution in [1.29, 1.82) is 0 Å². The number of benzene rings is 1. The molecule has 0 bridgehead atoms. The van der Waals surface area contributed by atoms with E-state index in [-0.39, 0.29) is 17.0 Å². The van der Waals surface area contributed by atoms with Crippen LogP contribution >= 0.6 is 28.3 Å². The number of anilines is 1. The van der Waals surface area contributed by atoms with E-state index in [9.17, 15) is 0 Å². The Bertz CT molecular complexity index is 665. The zero-order chi connectivity index (χ0) is 12.9. The number of halogens is 1. The topological polar surface area (TPSA) is 50.4 Å². The van der Waals surface area contributed by atoms with Crippen LogP contribution < -0.4 is 5.43 Å². The van der Waals surface area contributed by atoms with Gasteiger partial charge in [-0.05, 0) is 12.1 Å². The summed E-state index contributed by atoms with van der Waals surface area (Å²) in [6, 6.07) is 13.7. The number of furan rings is 1. The van der Waals surface area contributed by atoms with Crippen LogP contribution in [0, 0.1) is 0 Å². The molecule has 0 aliphatic heterocycles. The van der Waals surface area contributed by atoms with E-state index in [0.717, 1.165) is 16.4 Å². The molecule has 0 atom stereocenters. The molecule has 0 aliphatic rings. The molecule has 0 radical (unpaired) electrons. The van der Waals surface area contributed by atoms with Crippen molar-refractivity contribution in [1.82, 2.24) is 4.98 Å². The second-order valence-corrected chi connectivity index (χ2v) is 4.65. The van der Waals surface area contributed by atoms with E-state index in [1.807, 2.05) is 47.8 Å². The lowest BCUT2D eigenvalue weighted by molar-refractivity contribution is 0.560. The third-order valence-corrected chi connectivity index (χ3v) is 3.22. The van der Waals surface area contributed by atoms with Crippen molar-refractivity contribution >= 4 is 39.7 Å². The Labute approximate surface area is 130 Å². The SMILES string of the molecule is Br.C(=N\Nc1nc(-c2ccccc2)cs1)/c1ccco1. The van der Waals surface area contributed by atoms with Crippen LogP contribution in [0.1, 0.15) is 5.76 Å². The van der Waals surface area contributed by atoms with Gasteiger partial charge < -0.3 is 4.42 Å². The maximum atomic E-state index is 5.14. The van der Waals surface area contributed by atoms with Gasteiger partial charge in [0.25, 0.3) is 0 Å². The first kappa shape index (κ1) is 14.5. The first-order chi connectivity index (χ1) is 9.42. The van der Waals surface area contributed by atoms with Crippen molar-refractivity contribution in [2.45, 2.75) is 0 Å². The maximum Gasteiger partial charge on any atom is 0.203 e. The number of thiazole rings is 1. The van der Waals surface area contributed by atoms with Crippen molar-refractivity contribution in [3.05, 3.63) is 59.9 Å². The van der Waals surface area contributed by atoms with Gasteiger partial charge in [-0.1, -0.05) is 30.3 Å². The highest BCUT2D eigenvalue weighted by molar-refractivity contribution is 8.93. The summed E-state index contributed by atoms with van der Waals surface area (Å²) in [5.41, 5.74) is 4.93. The molecule has 4 nitrogen and oxygen atoms in total. The fourth-order valence-electron chi connectivity index (χ4n) is 1.58. The smallest absolute Gasteiger partial charge is 0.203 e. The van der Waals surface area contributed by atoms with E-state index in [0.29, 0.717) is 5.76 Å². The third-order valence-electron chi connectivity index (χ3n) is 2.47. The molecule has 1 N–H and O–H groups in total. The molecule has 0 unspecified atom stereocenters. The van der Waals surface area contributed by atoms with Crippen molar-refractivity contribution in [2.75, 3.05) is 5.43 Å². The summed E-state index contributed by atoms with van der Waals surface area (Å²) < 4.78 is 5.14. The predicted octanol–water partition coefficient (Wildman–Crippen LogP) is 4.43. The van der Waals surface area contributed by atoms with Crippen LogP contribution in [0.15, 0.2) is 63.6 Å². The first-order valence-corrected chi connectivity index (χ1v) is 6.63. The van der Waals surface area contributed by atoms with Gasteiger partial charge in [0.05, 0.1) is 18.2 Å². The Morgan fingerprint density at radius 3 is 2.75 bits per heavy atom. The maximum absolute atomic E-state index is 5.14. The summed E-state index contributed by atoms with van der Waals surface area (Å²) in [5, 5.41) is 6.82. The lowest BCUT2D eigenvalue weighted by Gasteiger charge is -1.94. The summed E-state index contributed by atoms with van der Waals surface area (Å²) in [7, 11) is 0. The standard InChI is InChI=1S/C14H11N3OS.BrH/c1-2-5-11(6-3-1)13-10-19-14(16-13)17-15-9-12-7-4-8-18-12;/h1-10H,(H,16,17);1H/b15-9+;. The fourth-order valence-corrected chi connectivity index (χ4v) is 2.25. The lowest BCUT2D eigenvalue weighted by atomic mass is 10.2. The number of rotatable bonds is 4. The molecule has 102 valence electrons. The molecular formula is C14H12BrN3OS. The van der Waals surface area contributed by atoms with Gasteiger partial charge in [0.15, 0.2) is 0 Å². The first-order valence-electron chi connectivity index (χ1n) is 5.75. The van der Waals surface area contributed by atoms with Gasteiger partial charge in [-0.25, -0.2) is 4.98 Å². The molecule has 2 aromatic heterocycles. The van der Waals surface area contributed by atoms with Crippen LogP contribution in [0.4, 0.5) is 5.13 Å². The molecular weight excluding hydrogens is 338 g/mol. The molecule has 0 amide bonds. The summed E-state index contributed by atoms with van der Waals surface area (Å²) in [4.78, 5) is 4.46. The number of aromatic nitrogens is 1. The second kappa shape index (κ2) is 7.02. The van der Waals surface area contributed by atoms with Crippen LogP contribution in [0.25, 0.3) is 11.3 Å². The third kappa shape index (κ3) is 3.55. The van der Waals surface area contributed by atoms with Gasteiger partial charge in [0.1, 0.15) is 5.76 Å². The summed E-state index contributed by atoms with van der Waals surface area (Å²) in [5.74, 6) is 0.701. The van der Waals surface area contributed by atoms with Gasteiger partial charge in [-0.15, -0.1) is 28.3 Å². The molecule has 2 heterocycles. The molecule has 0 fully saturated rings. The van der Waals surface area contributed by atoms with Crippen molar-refractivity contribution in [2.24, 2.45) is 5.10 Å². The van der Waals surface area contributed by atoms with Crippen LogP contribution in [0.3, 0.4) is 0 Å². The number of nitrogens with one attached hydrogen (secondary N) is 1. The van der Waals surface area contributed by atoms with E-state index >= 15 is 0 Å². The van der Waals surface area contributed by atoms with Gasteiger partial charge in [0.2, 0.25) is 5.13 Å². The Morgan fingerprint density at radius 1 is 1.15 bits per heavy atom. The van der Waals surface area contributed by atoms with Gasteiger partial charge in [-0.3, -0.25) is 5.43 Å². The number of nitrogens with zero attached hydrogens (tertiary/aromatic N) is 2. The Morgan fingerprint density at radius 2 is 2.00 bits per heavy atom. The quantitative estimate of drug-likeness (QED) is 0.560. The van der Waals surface area contributed by atoms with E-state index in [4.69, 9.17) is 4.42 Å². The molecule has 20 heavy (non-hydrogen) atoms. The largest absolute Gasteiger partial charge is 0.463 e. The minimum Gasteiger partial charge on any atom is -0.463 e. The number of hydrazone groups is 1. The highest BCUT2D eigenvalue weighted by Gasteiger charge is 2.02. The zero-order valence-electron chi connectivity index (χ0n) is 10.4. The summed E-state index contributed by atoms with van der Waals surface area (Å²) >= 11 is 1.51. The second-order valence-electron chi connectivity index (χ2n) is 3.79. The Kier molecular flexibility index (Phi) is 5.09. The van der Waals surface area contributed by atoms with E-state index in [2.05, 4.69) is 15.5 Å². The minimum atomic E-state index is 0. The zero-order valence-corrected chi connectivity index (χ0v) is 12.9. The van der Waals surface area contributed by atoms with E-state index in [1.165, 1.54) is 11.3 Å². The van der Waals surface area contributed by atoms with Gasteiger partial charge >= 0.3 is 0 Å². The number of hydrogen-bond donors (Lipinski definition) is 1. The van der Waals surface area contributed by atoms with E-state index in [1.54, 1.807) is 12.5 Å². The highest BCUT2D eigenvalue weighted by Crippen LogP contribution is 2.24. The molecule has 1 aromatic carbocycles. The molecule has 0 saturated heterocycles. The average Bonchev–Trinajstić information content (AvgIpc) is 3.11. The van der Waals surface area contributed by atoms with Crippen LogP contribution in [0.2, 0.25) is 0 Å². The molecule has 3 aromatic rings. The van der Waals surface area contributed by atoms with Crippen LogP contribution in [-0.2, 0) is 0 Å². The lowest BCUT2D eigenvalue weighted by Crippen LogP contribution is -1.88. The Balaban J connectivity index is 0.00000147. The molecule has 0 saturated carbocycles. The van der Waals surface area contributed by atoms with Crippen molar-refractivity contribution in [3.63, 3.8) is 0 Å². The predicted molar refractivity (Wildman–Crippen MR) is 87.8 cm³/mol. The van der Waals surface area contributed by atoms with Crippen LogP contribution in [0.5, 0.6) is 0 Å². The molecule has 0 spiro atoms. The molecule has 6 heteroatoms. The molecule has 0 aliphatic carbocycles. The van der Waals surface area contributed by atoms with Crippen molar-refractivity contribution < 1.29 is 4.42 Å². The molecule has 3 rings (SSSR count). The van der Waals surface area contributed by atoms with Gasteiger partial charge in [0, 0.05) is 10.9 Å². The minimum absolute atomic E-state index is 0. The van der Waals surface area contributed by atoms with Crippen molar-refractivity contribution in [3.8, 4) is 11.3 Å². The average molecular weight is 350 g/mol. The normalized spacial score (nSPS) is 10.4. The van der Waals surface area contributed by atoms with E-state index < -0.39 is 0 Å². The summed E-state index contributed by atoms with van der Waals surface area (Å²) in [6.07, 6.45) is 3.22. The monoisotopic (exact) mass is 349 g/mol. The Hall–Kier alpha value is -1.92. The summed E-state index contributed by atoms with van der Waals surface area (Å²) in [6.45, 7) is 0. The fraction of sp³-hybridized carbons (Fsp3) is 0. The van der Waals surface area contributed by atoms with Crippen LogP contribution in [-0.4, -0.2) is 11.2 Å².